The molecule has 108 valence electrons. The van der Waals surface area contributed by atoms with Crippen molar-refractivity contribution in [3.8, 4) is 0 Å². The molecule has 0 radical (unpaired) electrons. The summed E-state index contributed by atoms with van der Waals surface area (Å²) >= 11 is 2.31. The van der Waals surface area contributed by atoms with Gasteiger partial charge in [-0.1, -0.05) is 32.0 Å². The minimum Gasteiger partial charge on any atom is -0.544 e. The number of rotatable bonds is 7. The second-order valence-corrected chi connectivity index (χ2v) is 6.18. The van der Waals surface area contributed by atoms with Crippen LogP contribution in [-0.4, -0.2) is 23.4 Å². The summed E-state index contributed by atoms with van der Waals surface area (Å²) in [6, 6.07) is 8.93. The van der Waals surface area contributed by atoms with Crippen molar-refractivity contribution < 1.29 is 33.6 Å². The summed E-state index contributed by atoms with van der Waals surface area (Å²) in [5, 5.41) is 13.9. The minimum atomic E-state index is -1.31. The fourth-order valence-electron chi connectivity index (χ4n) is 1.45. The number of para-hydroxylation sites is 1. The first kappa shape index (κ1) is 20.2. The van der Waals surface area contributed by atoms with Gasteiger partial charge in [0.1, 0.15) is 0 Å². The molecule has 1 aromatic carbocycles. The summed E-state index contributed by atoms with van der Waals surface area (Å²) in [6.45, 7) is 3.70. The molecule has 4 nitrogen and oxygen atoms in total. The fourth-order valence-corrected chi connectivity index (χ4v) is 3.12. The van der Waals surface area contributed by atoms with Gasteiger partial charge >= 0.3 is 18.9 Å². The summed E-state index contributed by atoms with van der Waals surface area (Å²) < 4.78 is 0. The standard InChI is InChI=1S/C14H17NO3S2.Li/c1-3-19-11(12(14(17)18)20-4-2)13(16)15-10-8-6-5-7-9-10;/h5-9H,3-4H2,1-2H3,(H,15,16)(H,17,18);/q;+1/p-1/b12-11-;. The number of anilines is 1. The van der Waals surface area contributed by atoms with Gasteiger partial charge in [-0.25, -0.2) is 0 Å². The molecule has 0 atom stereocenters. The Labute approximate surface area is 145 Å². The summed E-state index contributed by atoms with van der Waals surface area (Å²) in [4.78, 5) is 23.6. The van der Waals surface area contributed by atoms with Crippen molar-refractivity contribution >= 4 is 41.1 Å². The van der Waals surface area contributed by atoms with Crippen LogP contribution in [0.1, 0.15) is 13.8 Å². The maximum atomic E-state index is 12.2. The van der Waals surface area contributed by atoms with Gasteiger partial charge in [-0.2, -0.15) is 0 Å². The number of hydrogen-bond donors (Lipinski definition) is 1. The molecule has 0 spiro atoms. The predicted octanol–water partition coefficient (Wildman–Crippen LogP) is -0.903. The number of benzene rings is 1. The van der Waals surface area contributed by atoms with Crippen LogP contribution >= 0.6 is 23.5 Å². The van der Waals surface area contributed by atoms with E-state index in [-0.39, 0.29) is 28.7 Å². The maximum absolute atomic E-state index is 12.2. The Hall–Kier alpha value is -0.803. The third kappa shape index (κ3) is 6.66. The van der Waals surface area contributed by atoms with E-state index in [1.165, 1.54) is 11.8 Å². The zero-order valence-electron chi connectivity index (χ0n) is 12.3. The van der Waals surface area contributed by atoms with E-state index >= 15 is 0 Å². The molecule has 0 saturated heterocycles. The number of amides is 1. The maximum Gasteiger partial charge on any atom is 1.00 e. The van der Waals surface area contributed by atoms with Crippen molar-refractivity contribution in [2.75, 3.05) is 16.8 Å². The van der Waals surface area contributed by atoms with Crippen LogP contribution < -0.4 is 29.3 Å². The van der Waals surface area contributed by atoms with Crippen LogP contribution in [0.2, 0.25) is 0 Å². The van der Waals surface area contributed by atoms with Gasteiger partial charge in [-0.3, -0.25) is 4.79 Å². The molecule has 21 heavy (non-hydrogen) atoms. The summed E-state index contributed by atoms with van der Waals surface area (Å²) in [7, 11) is 0. The van der Waals surface area contributed by atoms with Crippen LogP contribution in [0.15, 0.2) is 40.1 Å². The normalized spacial score (nSPS) is 11.1. The quantitative estimate of drug-likeness (QED) is 0.521. The summed E-state index contributed by atoms with van der Waals surface area (Å²) in [6.07, 6.45) is 0. The Bertz CT molecular complexity index is 506. The minimum absolute atomic E-state index is 0. The molecule has 7 heteroatoms. The van der Waals surface area contributed by atoms with Gasteiger partial charge in [0.25, 0.3) is 5.91 Å². The Kier molecular flexibility index (Phi) is 10.4. The molecule has 0 aliphatic heterocycles. The van der Waals surface area contributed by atoms with E-state index in [0.29, 0.717) is 17.2 Å². The van der Waals surface area contributed by atoms with Crippen molar-refractivity contribution in [3.63, 3.8) is 0 Å². The van der Waals surface area contributed by atoms with Crippen LogP contribution in [0, 0.1) is 0 Å². The number of carbonyl (C=O) groups excluding carboxylic acids is 2. The molecular weight excluding hydrogens is 301 g/mol. The number of carboxylic acid groups (broad SMARTS) is 1. The van der Waals surface area contributed by atoms with E-state index in [4.69, 9.17) is 0 Å². The van der Waals surface area contributed by atoms with Crippen LogP contribution in [0.25, 0.3) is 0 Å². The van der Waals surface area contributed by atoms with Gasteiger partial charge < -0.3 is 15.2 Å². The van der Waals surface area contributed by atoms with Gasteiger partial charge in [0.15, 0.2) is 0 Å². The van der Waals surface area contributed by atoms with Gasteiger partial charge in [0.05, 0.1) is 10.9 Å². The fraction of sp³-hybridized carbons (Fsp3) is 0.286. The zero-order chi connectivity index (χ0) is 15.0. The number of hydrogen-bond acceptors (Lipinski definition) is 5. The molecule has 0 heterocycles. The topological polar surface area (TPSA) is 69.2 Å². The van der Waals surface area contributed by atoms with Gasteiger partial charge in [0.2, 0.25) is 0 Å². The van der Waals surface area contributed by atoms with Crippen LogP contribution in [0.5, 0.6) is 0 Å². The number of nitrogens with one attached hydrogen (secondary N) is 1. The van der Waals surface area contributed by atoms with E-state index in [1.807, 2.05) is 19.9 Å². The Balaban J connectivity index is 0.00000400. The molecule has 0 saturated carbocycles. The van der Waals surface area contributed by atoms with Crippen molar-refractivity contribution in [2.45, 2.75) is 13.8 Å². The first-order valence-electron chi connectivity index (χ1n) is 6.17. The molecular formula is C14H16LiNO3S2. The Morgan fingerprint density at radius 3 is 2.05 bits per heavy atom. The molecule has 0 unspecified atom stereocenters. The third-order valence-electron chi connectivity index (χ3n) is 2.21. The second kappa shape index (κ2) is 10.9. The summed E-state index contributed by atoms with van der Waals surface area (Å²) in [5.74, 6) is -0.548. The van der Waals surface area contributed by atoms with E-state index in [0.717, 1.165) is 11.8 Å². The molecule has 0 aliphatic carbocycles. The van der Waals surface area contributed by atoms with Crippen LogP contribution in [0.3, 0.4) is 0 Å². The third-order valence-corrected chi connectivity index (χ3v) is 4.25. The predicted molar refractivity (Wildman–Crippen MR) is 83.4 cm³/mol. The average molecular weight is 317 g/mol. The van der Waals surface area contributed by atoms with Gasteiger partial charge in [-0.05, 0) is 23.6 Å². The number of carbonyl (C=O) groups is 2. The first-order chi connectivity index (χ1) is 9.60. The monoisotopic (exact) mass is 317 g/mol. The smallest absolute Gasteiger partial charge is 0.544 e. The van der Waals surface area contributed by atoms with E-state index < -0.39 is 11.9 Å². The second-order valence-electron chi connectivity index (χ2n) is 3.63. The van der Waals surface area contributed by atoms with Crippen LogP contribution in [-0.2, 0) is 9.59 Å². The average Bonchev–Trinajstić information content (AvgIpc) is 2.43. The molecule has 1 aromatic rings. The van der Waals surface area contributed by atoms with Gasteiger partial charge in [-0.15, -0.1) is 23.5 Å². The van der Waals surface area contributed by atoms with Crippen molar-refractivity contribution in [3.05, 3.63) is 40.1 Å². The van der Waals surface area contributed by atoms with E-state index in [9.17, 15) is 14.7 Å². The molecule has 0 fully saturated rings. The summed E-state index contributed by atoms with van der Waals surface area (Å²) in [5.41, 5.74) is 0.630. The molecule has 0 aliphatic rings. The molecule has 1 rings (SSSR count). The Morgan fingerprint density at radius 2 is 1.57 bits per heavy atom. The molecule has 1 N–H and O–H groups in total. The van der Waals surface area contributed by atoms with Crippen molar-refractivity contribution in [2.24, 2.45) is 0 Å². The van der Waals surface area contributed by atoms with E-state index in [1.54, 1.807) is 24.3 Å². The van der Waals surface area contributed by atoms with Crippen molar-refractivity contribution in [1.82, 2.24) is 0 Å². The largest absolute Gasteiger partial charge is 1.00 e. The van der Waals surface area contributed by atoms with E-state index in [2.05, 4.69) is 5.32 Å². The first-order valence-corrected chi connectivity index (χ1v) is 8.14. The molecule has 0 aromatic heterocycles. The molecule has 0 bridgehead atoms. The molecule has 1 amide bonds. The number of thioether (sulfide) groups is 2. The number of carboxylic acids is 1. The number of aliphatic carboxylic acids is 1. The zero-order valence-corrected chi connectivity index (χ0v) is 14.0. The SMILES string of the molecule is CCS/C(C(=O)[O-])=C(\SCC)C(=O)Nc1ccccc1.[Li+]. The van der Waals surface area contributed by atoms with Crippen molar-refractivity contribution in [1.29, 1.82) is 0 Å². The van der Waals surface area contributed by atoms with Gasteiger partial charge in [0, 0.05) is 10.6 Å². The Morgan fingerprint density at radius 1 is 1.05 bits per heavy atom. The van der Waals surface area contributed by atoms with Crippen LogP contribution in [0.4, 0.5) is 5.69 Å².